The van der Waals surface area contributed by atoms with Crippen molar-refractivity contribution in [1.29, 1.82) is 0 Å². The highest BCUT2D eigenvalue weighted by atomic mass is 32.2. The Balaban J connectivity index is 2.03. The third-order valence-electron chi connectivity index (χ3n) is 3.57. The smallest absolute Gasteiger partial charge is 0.120 e. The Kier molecular flexibility index (Phi) is 4.82. The Morgan fingerprint density at radius 1 is 1.42 bits per heavy atom. The maximum absolute atomic E-state index is 11.3. The second kappa shape index (κ2) is 6.39. The number of hydrogen-bond donors (Lipinski definition) is 2. The van der Waals surface area contributed by atoms with E-state index in [4.69, 9.17) is 4.74 Å². The molecule has 0 aliphatic carbocycles. The minimum absolute atomic E-state index is 0.0478. The Bertz CT molecular complexity index is 454. The average Bonchev–Trinajstić information content (AvgIpc) is 2.42. The molecule has 19 heavy (non-hydrogen) atoms. The predicted molar refractivity (Wildman–Crippen MR) is 77.1 cm³/mol. The molecule has 1 unspecified atom stereocenters. The molecule has 0 spiro atoms. The van der Waals surface area contributed by atoms with Crippen molar-refractivity contribution in [2.45, 2.75) is 31.8 Å². The lowest BCUT2D eigenvalue weighted by molar-refractivity contribution is 0.395. The molecule has 0 amide bonds. The largest absolute Gasteiger partial charge is 0.508 e. The molecular weight excluding hydrogens is 262 g/mol. The van der Waals surface area contributed by atoms with E-state index in [0.717, 1.165) is 35.7 Å². The summed E-state index contributed by atoms with van der Waals surface area (Å²) in [7, 11) is 0.977. The first kappa shape index (κ1) is 14.3. The molecule has 5 heteroatoms. The fourth-order valence-corrected chi connectivity index (χ4v) is 3.71. The summed E-state index contributed by atoms with van der Waals surface area (Å²) >= 11 is 0. The molecule has 0 saturated carbocycles. The lowest BCUT2D eigenvalue weighted by Gasteiger charge is -2.27. The zero-order valence-corrected chi connectivity index (χ0v) is 12.2. The quantitative estimate of drug-likeness (QED) is 0.887. The first-order valence-corrected chi connectivity index (χ1v) is 8.07. The van der Waals surface area contributed by atoms with Gasteiger partial charge in [-0.3, -0.25) is 4.21 Å². The second-order valence-electron chi connectivity index (χ2n) is 4.94. The molecule has 1 aromatic carbocycles. The zero-order chi connectivity index (χ0) is 13.8. The van der Waals surface area contributed by atoms with Crippen molar-refractivity contribution in [1.82, 2.24) is 5.32 Å². The van der Waals surface area contributed by atoms with Crippen molar-refractivity contribution < 1.29 is 14.1 Å². The van der Waals surface area contributed by atoms with Crippen molar-refractivity contribution in [3.05, 3.63) is 23.8 Å². The Hall–Kier alpha value is -1.07. The van der Waals surface area contributed by atoms with E-state index in [2.05, 4.69) is 5.32 Å². The summed E-state index contributed by atoms with van der Waals surface area (Å²) in [5.41, 5.74) is 0.839. The van der Waals surface area contributed by atoms with Crippen molar-refractivity contribution in [3.63, 3.8) is 0 Å². The molecule has 1 aliphatic rings. The molecule has 0 bridgehead atoms. The van der Waals surface area contributed by atoms with Gasteiger partial charge in [0.2, 0.25) is 0 Å². The van der Waals surface area contributed by atoms with E-state index < -0.39 is 10.8 Å². The summed E-state index contributed by atoms with van der Waals surface area (Å²) in [4.78, 5) is 0. The van der Waals surface area contributed by atoms with Crippen LogP contribution in [0.15, 0.2) is 18.2 Å². The van der Waals surface area contributed by atoms with Crippen LogP contribution in [0.4, 0.5) is 0 Å². The maximum atomic E-state index is 11.3. The third-order valence-corrected chi connectivity index (χ3v) is 4.96. The maximum Gasteiger partial charge on any atom is 0.120 e. The third kappa shape index (κ3) is 3.70. The highest BCUT2D eigenvalue weighted by molar-refractivity contribution is 7.85. The number of methoxy groups -OCH3 is 1. The van der Waals surface area contributed by atoms with Gasteiger partial charge in [0.05, 0.1) is 7.11 Å². The molecule has 106 valence electrons. The van der Waals surface area contributed by atoms with Crippen LogP contribution in [0.2, 0.25) is 0 Å². The number of ether oxygens (including phenoxy) is 1. The van der Waals surface area contributed by atoms with Gasteiger partial charge in [-0.05, 0) is 38.0 Å². The molecule has 0 radical (unpaired) electrons. The van der Waals surface area contributed by atoms with Gasteiger partial charge in [-0.1, -0.05) is 0 Å². The zero-order valence-electron chi connectivity index (χ0n) is 11.4. The van der Waals surface area contributed by atoms with Gasteiger partial charge in [-0.25, -0.2) is 0 Å². The van der Waals surface area contributed by atoms with E-state index in [1.165, 1.54) is 0 Å². The standard InChI is InChI=1S/C14H21NO3S/c1-10(15-11-5-7-19(17)8-6-11)13-9-12(18-2)3-4-14(13)16/h3-4,9-11,15-16H,5-8H2,1-2H3. The van der Waals surface area contributed by atoms with Gasteiger partial charge < -0.3 is 15.2 Å². The van der Waals surface area contributed by atoms with Crippen molar-refractivity contribution in [3.8, 4) is 11.5 Å². The van der Waals surface area contributed by atoms with E-state index in [9.17, 15) is 9.32 Å². The topological polar surface area (TPSA) is 58.6 Å². The van der Waals surface area contributed by atoms with Crippen LogP contribution < -0.4 is 10.1 Å². The van der Waals surface area contributed by atoms with Gasteiger partial charge in [0, 0.05) is 40.0 Å². The van der Waals surface area contributed by atoms with E-state index in [-0.39, 0.29) is 11.8 Å². The fourth-order valence-electron chi connectivity index (χ4n) is 2.41. The highest BCUT2D eigenvalue weighted by Crippen LogP contribution is 2.29. The summed E-state index contributed by atoms with van der Waals surface area (Å²) < 4.78 is 16.5. The summed E-state index contributed by atoms with van der Waals surface area (Å²) in [6.45, 7) is 2.03. The van der Waals surface area contributed by atoms with E-state index in [0.29, 0.717) is 6.04 Å². The first-order chi connectivity index (χ1) is 9.10. The molecule has 0 aromatic heterocycles. The van der Waals surface area contributed by atoms with Crippen LogP contribution in [0.25, 0.3) is 0 Å². The number of phenolic OH excluding ortho intramolecular Hbond substituents is 1. The number of phenols is 1. The lowest BCUT2D eigenvalue weighted by atomic mass is 10.0. The van der Waals surface area contributed by atoms with Gasteiger partial charge >= 0.3 is 0 Å². The van der Waals surface area contributed by atoms with Crippen LogP contribution >= 0.6 is 0 Å². The van der Waals surface area contributed by atoms with Crippen molar-refractivity contribution in [2.75, 3.05) is 18.6 Å². The first-order valence-electron chi connectivity index (χ1n) is 6.58. The molecule has 1 fully saturated rings. The molecule has 2 N–H and O–H groups in total. The number of nitrogens with one attached hydrogen (secondary N) is 1. The Labute approximate surface area is 116 Å². The molecule has 1 aliphatic heterocycles. The van der Waals surface area contributed by atoms with Crippen LogP contribution in [0.1, 0.15) is 31.4 Å². The Morgan fingerprint density at radius 2 is 2.11 bits per heavy atom. The summed E-state index contributed by atoms with van der Waals surface area (Å²) in [5, 5.41) is 13.4. The summed E-state index contributed by atoms with van der Waals surface area (Å²) in [6, 6.07) is 5.68. The number of aromatic hydroxyl groups is 1. The fraction of sp³-hybridized carbons (Fsp3) is 0.571. The minimum Gasteiger partial charge on any atom is -0.508 e. The van der Waals surface area contributed by atoms with E-state index in [1.807, 2.05) is 13.0 Å². The van der Waals surface area contributed by atoms with Crippen molar-refractivity contribution in [2.24, 2.45) is 0 Å². The van der Waals surface area contributed by atoms with Crippen molar-refractivity contribution >= 4 is 10.8 Å². The van der Waals surface area contributed by atoms with Crippen LogP contribution in [0.3, 0.4) is 0 Å². The number of hydrogen-bond acceptors (Lipinski definition) is 4. The predicted octanol–water partition coefficient (Wildman–Crippen LogP) is 1.96. The van der Waals surface area contributed by atoms with E-state index in [1.54, 1.807) is 19.2 Å². The highest BCUT2D eigenvalue weighted by Gasteiger charge is 2.21. The Morgan fingerprint density at radius 3 is 2.74 bits per heavy atom. The van der Waals surface area contributed by atoms with Gasteiger partial charge in [0.15, 0.2) is 0 Å². The van der Waals surface area contributed by atoms with Gasteiger partial charge in [0.25, 0.3) is 0 Å². The van der Waals surface area contributed by atoms with Crippen LogP contribution in [-0.4, -0.2) is 34.0 Å². The molecule has 1 heterocycles. The monoisotopic (exact) mass is 283 g/mol. The average molecular weight is 283 g/mol. The minimum atomic E-state index is -0.639. The lowest BCUT2D eigenvalue weighted by Crippen LogP contribution is -2.37. The normalized spacial score (nSPS) is 24.9. The molecular formula is C14H21NO3S. The SMILES string of the molecule is COc1ccc(O)c(C(C)NC2CCS(=O)CC2)c1. The number of benzene rings is 1. The molecule has 1 saturated heterocycles. The van der Waals surface area contributed by atoms with Gasteiger partial charge in [0.1, 0.15) is 11.5 Å². The van der Waals surface area contributed by atoms with Crippen LogP contribution in [0.5, 0.6) is 11.5 Å². The van der Waals surface area contributed by atoms with Gasteiger partial charge in [-0.2, -0.15) is 0 Å². The van der Waals surface area contributed by atoms with Gasteiger partial charge in [-0.15, -0.1) is 0 Å². The summed E-state index contributed by atoms with van der Waals surface area (Å²) in [5.74, 6) is 2.56. The second-order valence-corrected chi connectivity index (χ2v) is 6.63. The molecule has 1 atom stereocenters. The summed E-state index contributed by atoms with van der Waals surface area (Å²) in [6.07, 6.45) is 1.86. The molecule has 4 nitrogen and oxygen atoms in total. The molecule has 2 rings (SSSR count). The van der Waals surface area contributed by atoms with Crippen LogP contribution in [-0.2, 0) is 10.8 Å². The van der Waals surface area contributed by atoms with Crippen LogP contribution in [0, 0.1) is 0 Å². The van der Waals surface area contributed by atoms with E-state index >= 15 is 0 Å². The number of rotatable bonds is 4. The molecule has 1 aromatic rings.